The van der Waals surface area contributed by atoms with E-state index in [2.05, 4.69) is 27.8 Å². The molecule has 4 aromatic rings. The number of para-hydroxylation sites is 1. The van der Waals surface area contributed by atoms with Crippen LogP contribution in [0.25, 0.3) is 10.9 Å². The summed E-state index contributed by atoms with van der Waals surface area (Å²) < 4.78 is 0. The maximum Gasteiger partial charge on any atom is 0.252 e. The Labute approximate surface area is 174 Å². The summed E-state index contributed by atoms with van der Waals surface area (Å²) in [5.74, 6) is 0.528. The number of thioether (sulfide) groups is 1. The molecule has 0 aliphatic rings. The van der Waals surface area contributed by atoms with E-state index in [9.17, 15) is 4.79 Å². The largest absolute Gasteiger partial charge is 0.348 e. The molecule has 0 unspecified atom stereocenters. The van der Waals surface area contributed by atoms with Gasteiger partial charge in [0.15, 0.2) is 0 Å². The summed E-state index contributed by atoms with van der Waals surface area (Å²) in [5.41, 5.74) is 3.39. The van der Waals surface area contributed by atoms with Gasteiger partial charge in [-0.05, 0) is 42.2 Å². The summed E-state index contributed by atoms with van der Waals surface area (Å²) in [4.78, 5) is 18.8. The van der Waals surface area contributed by atoms with Gasteiger partial charge in [-0.25, -0.2) is 4.98 Å². The van der Waals surface area contributed by atoms with Gasteiger partial charge in [0.25, 0.3) is 5.91 Å². The Morgan fingerprint density at radius 2 is 1.72 bits per heavy atom. The molecule has 0 spiro atoms. The van der Waals surface area contributed by atoms with E-state index < -0.39 is 0 Å². The van der Waals surface area contributed by atoms with Crippen molar-refractivity contribution in [3.05, 3.63) is 96.1 Å². The highest BCUT2D eigenvalue weighted by Crippen LogP contribution is 2.25. The van der Waals surface area contributed by atoms with E-state index in [4.69, 9.17) is 0 Å². The Bertz CT molecular complexity index is 1150. The summed E-state index contributed by atoms with van der Waals surface area (Å²) in [6.07, 6.45) is 2.04. The fourth-order valence-corrected chi connectivity index (χ4v) is 3.61. The minimum atomic E-state index is -0.117. The number of hydrogen-bond donors (Lipinski definition) is 2. The van der Waals surface area contributed by atoms with Crippen LogP contribution < -0.4 is 10.6 Å². The van der Waals surface area contributed by atoms with Crippen LogP contribution >= 0.6 is 11.8 Å². The predicted octanol–water partition coefficient (Wildman–Crippen LogP) is 5.63. The highest BCUT2D eigenvalue weighted by Gasteiger charge is 2.13. The molecule has 0 radical (unpaired) electrons. The van der Waals surface area contributed by atoms with Crippen molar-refractivity contribution in [2.45, 2.75) is 11.4 Å². The molecule has 5 heteroatoms. The number of aromatic nitrogens is 1. The van der Waals surface area contributed by atoms with Crippen LogP contribution in [0.2, 0.25) is 0 Å². The first kappa shape index (κ1) is 19.0. The average molecular weight is 400 g/mol. The first-order chi connectivity index (χ1) is 14.2. The number of pyridine rings is 1. The van der Waals surface area contributed by atoms with Crippen molar-refractivity contribution in [2.75, 3.05) is 11.6 Å². The molecule has 1 aromatic heterocycles. The van der Waals surface area contributed by atoms with Crippen LogP contribution in [0.4, 0.5) is 11.5 Å². The Balaban J connectivity index is 1.64. The second kappa shape index (κ2) is 8.80. The standard InChI is InChI=1S/C24H21N3OS/c1-29-19-11-7-10-18(14-19)26-23-15-21(20-12-5-6-13-22(20)27-23)24(28)25-16-17-8-3-2-4-9-17/h2-15H,16H2,1H3,(H,25,28)(H,26,27). The van der Waals surface area contributed by atoms with E-state index in [0.29, 0.717) is 17.9 Å². The summed E-state index contributed by atoms with van der Waals surface area (Å²) in [5, 5.41) is 7.19. The summed E-state index contributed by atoms with van der Waals surface area (Å²) >= 11 is 1.68. The van der Waals surface area contributed by atoms with E-state index in [-0.39, 0.29) is 5.91 Å². The number of nitrogens with zero attached hydrogens (tertiary/aromatic N) is 1. The van der Waals surface area contributed by atoms with Gasteiger partial charge >= 0.3 is 0 Å². The van der Waals surface area contributed by atoms with Gasteiger partial charge in [-0.2, -0.15) is 0 Å². The Hall–Kier alpha value is -3.31. The van der Waals surface area contributed by atoms with Crippen LogP contribution in [0.1, 0.15) is 15.9 Å². The molecule has 3 aromatic carbocycles. The normalized spacial score (nSPS) is 10.7. The second-order valence-electron chi connectivity index (χ2n) is 6.60. The number of hydrogen-bond acceptors (Lipinski definition) is 4. The summed E-state index contributed by atoms with van der Waals surface area (Å²) in [6.45, 7) is 0.481. The number of carbonyl (C=O) groups is 1. The van der Waals surface area contributed by atoms with E-state index in [1.165, 1.54) is 0 Å². The molecule has 0 fully saturated rings. The van der Waals surface area contributed by atoms with Crippen molar-refractivity contribution >= 4 is 40.1 Å². The molecule has 0 aliphatic carbocycles. The van der Waals surface area contributed by atoms with Gasteiger partial charge in [0.1, 0.15) is 5.82 Å². The van der Waals surface area contributed by atoms with Crippen LogP contribution in [0.5, 0.6) is 0 Å². The van der Waals surface area contributed by atoms with Crippen molar-refractivity contribution in [1.29, 1.82) is 0 Å². The molecule has 0 atom stereocenters. The lowest BCUT2D eigenvalue weighted by atomic mass is 10.1. The van der Waals surface area contributed by atoms with Gasteiger partial charge < -0.3 is 10.6 Å². The molecule has 2 N–H and O–H groups in total. The van der Waals surface area contributed by atoms with Gasteiger partial charge in [-0.3, -0.25) is 4.79 Å². The lowest BCUT2D eigenvalue weighted by Gasteiger charge is -2.12. The number of nitrogens with one attached hydrogen (secondary N) is 2. The zero-order valence-electron chi connectivity index (χ0n) is 16.1. The molecule has 0 aliphatic heterocycles. The molecule has 1 amide bonds. The number of benzene rings is 3. The van der Waals surface area contributed by atoms with Crippen LogP contribution in [0, 0.1) is 0 Å². The van der Waals surface area contributed by atoms with Crippen LogP contribution in [-0.4, -0.2) is 17.1 Å². The fraction of sp³-hybridized carbons (Fsp3) is 0.0833. The van der Waals surface area contributed by atoms with Crippen molar-refractivity contribution in [3.8, 4) is 0 Å². The van der Waals surface area contributed by atoms with Crippen LogP contribution in [-0.2, 0) is 6.54 Å². The number of fused-ring (bicyclic) bond motifs is 1. The zero-order valence-corrected chi connectivity index (χ0v) is 16.9. The van der Waals surface area contributed by atoms with E-state index in [0.717, 1.165) is 27.0 Å². The van der Waals surface area contributed by atoms with Gasteiger partial charge in [0, 0.05) is 22.5 Å². The average Bonchev–Trinajstić information content (AvgIpc) is 2.77. The highest BCUT2D eigenvalue weighted by molar-refractivity contribution is 7.98. The quantitative estimate of drug-likeness (QED) is 0.413. The lowest BCUT2D eigenvalue weighted by molar-refractivity contribution is 0.0952. The van der Waals surface area contributed by atoms with Crippen molar-refractivity contribution in [3.63, 3.8) is 0 Å². The number of anilines is 2. The van der Waals surface area contributed by atoms with Crippen molar-refractivity contribution < 1.29 is 4.79 Å². The van der Waals surface area contributed by atoms with Gasteiger partial charge in [-0.1, -0.05) is 54.6 Å². The Morgan fingerprint density at radius 1 is 0.931 bits per heavy atom. The third kappa shape index (κ3) is 4.58. The molecule has 0 saturated heterocycles. The molecule has 4 rings (SSSR count). The topological polar surface area (TPSA) is 54.0 Å². The molecule has 4 nitrogen and oxygen atoms in total. The molecular formula is C24H21N3OS. The molecule has 0 saturated carbocycles. The van der Waals surface area contributed by atoms with E-state index in [1.807, 2.05) is 79.1 Å². The zero-order chi connectivity index (χ0) is 20.1. The first-order valence-electron chi connectivity index (χ1n) is 9.36. The number of carbonyl (C=O) groups excluding carboxylic acids is 1. The fourth-order valence-electron chi connectivity index (χ4n) is 3.15. The molecule has 29 heavy (non-hydrogen) atoms. The summed E-state index contributed by atoms with van der Waals surface area (Å²) in [6, 6.07) is 27.5. The maximum atomic E-state index is 13.0. The van der Waals surface area contributed by atoms with E-state index in [1.54, 1.807) is 11.8 Å². The van der Waals surface area contributed by atoms with Gasteiger partial charge in [-0.15, -0.1) is 11.8 Å². The van der Waals surface area contributed by atoms with Gasteiger partial charge in [0.05, 0.1) is 11.1 Å². The van der Waals surface area contributed by atoms with Gasteiger partial charge in [0.2, 0.25) is 0 Å². The van der Waals surface area contributed by atoms with Crippen molar-refractivity contribution in [2.24, 2.45) is 0 Å². The molecular weight excluding hydrogens is 378 g/mol. The monoisotopic (exact) mass is 399 g/mol. The molecule has 0 bridgehead atoms. The third-order valence-corrected chi connectivity index (χ3v) is 5.32. The lowest BCUT2D eigenvalue weighted by Crippen LogP contribution is -2.23. The molecule has 144 valence electrons. The SMILES string of the molecule is CSc1cccc(Nc2cc(C(=O)NCc3ccccc3)c3ccccc3n2)c1. The number of rotatable bonds is 6. The molecule has 1 heterocycles. The first-order valence-corrected chi connectivity index (χ1v) is 10.6. The predicted molar refractivity (Wildman–Crippen MR) is 121 cm³/mol. The number of amides is 1. The van der Waals surface area contributed by atoms with Crippen LogP contribution in [0.15, 0.2) is 89.8 Å². The smallest absolute Gasteiger partial charge is 0.252 e. The Morgan fingerprint density at radius 3 is 2.55 bits per heavy atom. The minimum absolute atomic E-state index is 0.117. The Kier molecular flexibility index (Phi) is 5.77. The van der Waals surface area contributed by atoms with Crippen LogP contribution in [0.3, 0.4) is 0 Å². The third-order valence-electron chi connectivity index (χ3n) is 4.60. The second-order valence-corrected chi connectivity index (χ2v) is 7.48. The maximum absolute atomic E-state index is 13.0. The highest BCUT2D eigenvalue weighted by atomic mass is 32.2. The summed E-state index contributed by atoms with van der Waals surface area (Å²) in [7, 11) is 0. The van der Waals surface area contributed by atoms with Crippen molar-refractivity contribution in [1.82, 2.24) is 10.3 Å². The van der Waals surface area contributed by atoms with E-state index >= 15 is 0 Å². The minimum Gasteiger partial charge on any atom is -0.348 e.